The first-order valence-corrected chi connectivity index (χ1v) is 5.30. The molecule has 0 aromatic carbocycles. The van der Waals surface area contributed by atoms with Gasteiger partial charge in [0.15, 0.2) is 12.2 Å². The van der Waals surface area contributed by atoms with Gasteiger partial charge in [0.2, 0.25) is 5.79 Å². The highest BCUT2D eigenvalue weighted by Crippen LogP contribution is 2.33. The van der Waals surface area contributed by atoms with Gasteiger partial charge in [-0.1, -0.05) is 13.3 Å². The van der Waals surface area contributed by atoms with Gasteiger partial charge in [0.05, 0.1) is 0 Å². The van der Waals surface area contributed by atoms with Crippen molar-refractivity contribution < 1.29 is 24.5 Å². The van der Waals surface area contributed by atoms with Crippen molar-refractivity contribution in [2.24, 2.45) is 0 Å². The van der Waals surface area contributed by atoms with Gasteiger partial charge in [0, 0.05) is 13.0 Å². The Balaban J connectivity index is 2.76. The Labute approximate surface area is 89.0 Å². The quantitative estimate of drug-likeness (QED) is 0.644. The number of rotatable bonds is 5. The zero-order chi connectivity index (χ0) is 11.5. The summed E-state index contributed by atoms with van der Waals surface area (Å²) < 4.78 is 10.2. The maximum Gasteiger partial charge on any atom is 0.340 e. The molecule has 5 nitrogen and oxygen atoms in total. The average Bonchev–Trinajstić information content (AvgIpc) is 2.42. The highest BCUT2D eigenvalue weighted by molar-refractivity contribution is 5.78. The number of hydrogen-bond acceptors (Lipinski definition) is 5. The van der Waals surface area contributed by atoms with E-state index in [-0.39, 0.29) is 0 Å². The Morgan fingerprint density at radius 3 is 2.53 bits per heavy atom. The fraction of sp³-hybridized carbons (Fsp3) is 0.900. The molecule has 0 aromatic heterocycles. The number of aliphatic hydroxyl groups is 2. The van der Waals surface area contributed by atoms with Gasteiger partial charge in [0.25, 0.3) is 0 Å². The summed E-state index contributed by atoms with van der Waals surface area (Å²) in [6.45, 7) is 4.05. The summed E-state index contributed by atoms with van der Waals surface area (Å²) in [5.41, 5.74) is 0. The lowest BCUT2D eigenvalue weighted by molar-refractivity contribution is -0.246. The van der Waals surface area contributed by atoms with Gasteiger partial charge in [-0.2, -0.15) is 0 Å². The summed E-state index contributed by atoms with van der Waals surface area (Å²) in [4.78, 5) is 11.1. The van der Waals surface area contributed by atoms with Crippen LogP contribution in [0.3, 0.4) is 0 Å². The van der Waals surface area contributed by atoms with Crippen molar-refractivity contribution in [2.45, 2.75) is 51.1 Å². The third-order valence-electron chi connectivity index (χ3n) is 2.53. The predicted molar refractivity (Wildman–Crippen MR) is 52.0 cm³/mol. The van der Waals surface area contributed by atoms with Gasteiger partial charge in [-0.15, -0.1) is 0 Å². The molecule has 15 heavy (non-hydrogen) atoms. The Bertz CT molecular complexity index is 230. The van der Waals surface area contributed by atoms with Crippen LogP contribution >= 0.6 is 0 Å². The van der Waals surface area contributed by atoms with Gasteiger partial charge in [-0.3, -0.25) is 0 Å². The van der Waals surface area contributed by atoms with Crippen LogP contribution < -0.4 is 0 Å². The first-order valence-electron chi connectivity index (χ1n) is 5.30. The molecule has 0 saturated carbocycles. The maximum absolute atomic E-state index is 11.1. The summed E-state index contributed by atoms with van der Waals surface area (Å²) in [6.07, 6.45) is -0.724. The number of hydrogen-bond donors (Lipinski definition) is 2. The van der Waals surface area contributed by atoms with E-state index in [4.69, 9.17) is 9.47 Å². The summed E-state index contributed by atoms with van der Waals surface area (Å²) in [5.74, 6) is -2.16. The van der Waals surface area contributed by atoms with E-state index in [0.717, 1.165) is 12.8 Å². The molecule has 0 aromatic rings. The SMILES string of the molecule is CCCC[C@]1(OCC)OC(=O)[C@@H](O)[C@H]1O. The van der Waals surface area contributed by atoms with E-state index in [2.05, 4.69) is 0 Å². The smallest absolute Gasteiger partial charge is 0.340 e. The molecule has 1 rings (SSSR count). The van der Waals surface area contributed by atoms with Crippen LogP contribution in [0.15, 0.2) is 0 Å². The molecule has 0 unspecified atom stereocenters. The van der Waals surface area contributed by atoms with Crippen LogP contribution in [-0.4, -0.2) is 40.8 Å². The number of cyclic esters (lactones) is 1. The number of ether oxygens (including phenoxy) is 2. The normalized spacial score (nSPS) is 35.6. The van der Waals surface area contributed by atoms with Crippen LogP contribution in [0.2, 0.25) is 0 Å². The second kappa shape index (κ2) is 4.92. The maximum atomic E-state index is 11.1. The van der Waals surface area contributed by atoms with E-state index < -0.39 is 24.0 Å². The van der Waals surface area contributed by atoms with E-state index in [1.54, 1.807) is 6.92 Å². The molecule has 3 atom stereocenters. The third kappa shape index (κ3) is 2.30. The predicted octanol–water partition coefficient (Wildman–Crippen LogP) is 0.188. The van der Waals surface area contributed by atoms with Crippen LogP contribution in [0, 0.1) is 0 Å². The third-order valence-corrected chi connectivity index (χ3v) is 2.53. The molecule has 1 aliphatic heterocycles. The molecule has 1 saturated heterocycles. The lowest BCUT2D eigenvalue weighted by atomic mass is 10.0. The van der Waals surface area contributed by atoms with Crippen LogP contribution in [0.25, 0.3) is 0 Å². The molecule has 5 heteroatoms. The van der Waals surface area contributed by atoms with Crippen molar-refractivity contribution in [3.63, 3.8) is 0 Å². The zero-order valence-electron chi connectivity index (χ0n) is 9.10. The molecular weight excluding hydrogens is 200 g/mol. The zero-order valence-corrected chi connectivity index (χ0v) is 9.10. The highest BCUT2D eigenvalue weighted by atomic mass is 16.7. The summed E-state index contributed by atoms with van der Waals surface area (Å²) in [5, 5.41) is 19.0. The molecule has 88 valence electrons. The molecule has 0 spiro atoms. The van der Waals surface area contributed by atoms with Crippen molar-refractivity contribution in [1.82, 2.24) is 0 Å². The summed E-state index contributed by atoms with van der Waals surface area (Å²) >= 11 is 0. The Morgan fingerprint density at radius 2 is 2.13 bits per heavy atom. The van der Waals surface area contributed by atoms with Crippen LogP contribution in [-0.2, 0) is 14.3 Å². The first-order chi connectivity index (χ1) is 7.07. The molecule has 1 aliphatic rings. The molecule has 0 radical (unpaired) electrons. The Kier molecular flexibility index (Phi) is 4.07. The molecule has 0 aliphatic carbocycles. The van der Waals surface area contributed by atoms with E-state index in [0.29, 0.717) is 13.0 Å². The van der Waals surface area contributed by atoms with Gasteiger partial charge in [-0.05, 0) is 13.3 Å². The van der Waals surface area contributed by atoms with Gasteiger partial charge in [0.1, 0.15) is 0 Å². The van der Waals surface area contributed by atoms with Crippen LogP contribution in [0.1, 0.15) is 33.1 Å². The number of esters is 1. The van der Waals surface area contributed by atoms with Crippen molar-refractivity contribution in [1.29, 1.82) is 0 Å². The monoisotopic (exact) mass is 218 g/mol. The molecule has 1 heterocycles. The van der Waals surface area contributed by atoms with E-state index in [1.165, 1.54) is 0 Å². The number of unbranched alkanes of at least 4 members (excludes halogenated alkanes) is 1. The highest BCUT2D eigenvalue weighted by Gasteiger charge is 2.55. The minimum atomic E-state index is -1.49. The van der Waals surface area contributed by atoms with Gasteiger partial charge >= 0.3 is 5.97 Å². The summed E-state index contributed by atoms with van der Waals surface area (Å²) in [6, 6.07) is 0. The number of aliphatic hydroxyl groups excluding tert-OH is 2. The van der Waals surface area contributed by atoms with Gasteiger partial charge in [-0.25, -0.2) is 4.79 Å². The van der Waals surface area contributed by atoms with Gasteiger partial charge < -0.3 is 19.7 Å². The van der Waals surface area contributed by atoms with E-state index in [9.17, 15) is 15.0 Å². The Hall–Kier alpha value is -0.650. The van der Waals surface area contributed by atoms with Crippen molar-refractivity contribution in [2.75, 3.05) is 6.61 Å². The van der Waals surface area contributed by atoms with Crippen LogP contribution in [0.4, 0.5) is 0 Å². The standard InChI is InChI=1S/C10H18O5/c1-3-5-6-10(14-4-2)8(12)7(11)9(13)15-10/h7-8,11-12H,3-6H2,1-2H3/t7-,8+,10-/m0/s1. The largest absolute Gasteiger partial charge is 0.428 e. The average molecular weight is 218 g/mol. The number of carbonyl (C=O) groups excluding carboxylic acids is 1. The second-order valence-corrected chi connectivity index (χ2v) is 3.66. The van der Waals surface area contributed by atoms with E-state index >= 15 is 0 Å². The molecule has 2 N–H and O–H groups in total. The van der Waals surface area contributed by atoms with Crippen molar-refractivity contribution in [3.8, 4) is 0 Å². The van der Waals surface area contributed by atoms with Crippen molar-refractivity contribution in [3.05, 3.63) is 0 Å². The van der Waals surface area contributed by atoms with Crippen LogP contribution in [0.5, 0.6) is 0 Å². The topological polar surface area (TPSA) is 76.0 Å². The minimum absolute atomic E-state index is 0.320. The fourth-order valence-electron chi connectivity index (χ4n) is 1.71. The molecule has 0 bridgehead atoms. The fourth-order valence-corrected chi connectivity index (χ4v) is 1.71. The molecule has 1 fully saturated rings. The number of carbonyl (C=O) groups is 1. The molecular formula is C10H18O5. The molecule has 0 amide bonds. The Morgan fingerprint density at radius 1 is 1.47 bits per heavy atom. The summed E-state index contributed by atoms with van der Waals surface area (Å²) in [7, 11) is 0. The lowest BCUT2D eigenvalue weighted by Crippen LogP contribution is -2.45. The lowest BCUT2D eigenvalue weighted by Gasteiger charge is -2.30. The van der Waals surface area contributed by atoms with Crippen molar-refractivity contribution >= 4 is 5.97 Å². The second-order valence-electron chi connectivity index (χ2n) is 3.66. The minimum Gasteiger partial charge on any atom is -0.428 e. The first kappa shape index (κ1) is 12.4. The van der Waals surface area contributed by atoms with E-state index in [1.807, 2.05) is 6.92 Å².